The highest BCUT2D eigenvalue weighted by Crippen LogP contribution is 2.25. The molecule has 29 heavy (non-hydrogen) atoms. The molecule has 0 aliphatic rings. The Labute approximate surface area is 176 Å². The largest absolute Gasteiger partial charge is 0.339 e. The van der Waals surface area contributed by atoms with Gasteiger partial charge in [-0.25, -0.2) is 4.98 Å². The fourth-order valence-electron chi connectivity index (χ4n) is 2.66. The molecule has 6 nitrogen and oxygen atoms in total. The number of rotatable bonds is 6. The van der Waals surface area contributed by atoms with Crippen molar-refractivity contribution >= 4 is 34.0 Å². The monoisotopic (exact) mass is 424 g/mol. The highest BCUT2D eigenvalue weighted by atomic mass is 35.5. The Kier molecular flexibility index (Phi) is 5.69. The van der Waals surface area contributed by atoms with E-state index in [4.69, 9.17) is 16.1 Å². The number of aromatic nitrogens is 3. The second-order valence-corrected chi connectivity index (χ2v) is 7.77. The maximum Gasteiger partial charge on any atom is 0.227 e. The quantitative estimate of drug-likeness (QED) is 0.448. The molecular formula is C21H17ClN4O2S. The molecule has 8 heteroatoms. The number of halogens is 1. The molecule has 0 radical (unpaired) electrons. The summed E-state index contributed by atoms with van der Waals surface area (Å²) >= 11 is 7.28. The van der Waals surface area contributed by atoms with Crippen LogP contribution in [0.4, 0.5) is 5.13 Å². The molecule has 0 unspecified atom stereocenters. The van der Waals surface area contributed by atoms with Crippen LogP contribution in [0.25, 0.3) is 22.6 Å². The van der Waals surface area contributed by atoms with Gasteiger partial charge in [0.25, 0.3) is 0 Å². The Morgan fingerprint density at radius 2 is 1.79 bits per heavy atom. The number of carbonyl (C=O) groups excluding carboxylic acids is 1. The van der Waals surface area contributed by atoms with E-state index in [0.29, 0.717) is 28.3 Å². The molecule has 2 aromatic heterocycles. The minimum atomic E-state index is -0.152. The zero-order valence-electron chi connectivity index (χ0n) is 15.6. The summed E-state index contributed by atoms with van der Waals surface area (Å²) in [5.74, 6) is 0.727. The molecule has 2 heterocycles. The van der Waals surface area contributed by atoms with Crippen molar-refractivity contribution in [3.63, 3.8) is 0 Å². The molecule has 0 bridgehead atoms. The van der Waals surface area contributed by atoms with E-state index in [1.54, 1.807) is 12.1 Å². The number of amides is 1. The number of hydrogen-bond acceptors (Lipinski definition) is 6. The number of nitrogens with zero attached hydrogens (tertiary/aromatic N) is 3. The Morgan fingerprint density at radius 3 is 2.55 bits per heavy atom. The lowest BCUT2D eigenvalue weighted by Gasteiger charge is -2.00. The highest BCUT2D eigenvalue weighted by molar-refractivity contribution is 7.14. The molecule has 146 valence electrons. The molecule has 0 spiro atoms. The van der Waals surface area contributed by atoms with Crippen LogP contribution in [0.5, 0.6) is 0 Å². The van der Waals surface area contributed by atoms with E-state index in [1.807, 2.05) is 48.7 Å². The van der Waals surface area contributed by atoms with Crippen molar-refractivity contribution < 1.29 is 9.32 Å². The third kappa shape index (κ3) is 4.88. The first kappa shape index (κ1) is 19.3. The molecule has 2 aromatic carbocycles. The van der Waals surface area contributed by atoms with Crippen molar-refractivity contribution in [2.45, 2.75) is 19.8 Å². The fourth-order valence-corrected chi connectivity index (χ4v) is 3.52. The molecule has 4 aromatic rings. The van der Waals surface area contributed by atoms with Crippen molar-refractivity contribution in [1.82, 2.24) is 15.1 Å². The summed E-state index contributed by atoms with van der Waals surface area (Å²) in [6.07, 6.45) is 0.574. The van der Waals surface area contributed by atoms with Crippen LogP contribution in [0, 0.1) is 6.92 Å². The molecule has 0 saturated carbocycles. The van der Waals surface area contributed by atoms with Gasteiger partial charge < -0.3 is 9.84 Å². The standard InChI is InChI=1S/C21H17ClN4O2S/c1-13-2-4-14(5-3-13)17-12-29-21(23-17)24-18(27)10-11-19-25-20(26-28-19)15-6-8-16(22)9-7-15/h2-9,12H,10-11H2,1H3,(H,23,24,27). The SMILES string of the molecule is Cc1ccc(-c2csc(NC(=O)CCc3nc(-c4ccc(Cl)cc4)no3)n2)cc1. The number of carbonyl (C=O) groups is 1. The Balaban J connectivity index is 1.33. The molecule has 0 aliphatic carbocycles. The van der Waals surface area contributed by atoms with Crippen LogP contribution in [0.15, 0.2) is 58.4 Å². The van der Waals surface area contributed by atoms with Gasteiger partial charge in [0.05, 0.1) is 5.69 Å². The van der Waals surface area contributed by atoms with Gasteiger partial charge in [0, 0.05) is 34.4 Å². The number of nitrogens with one attached hydrogen (secondary N) is 1. The van der Waals surface area contributed by atoms with Crippen LogP contribution >= 0.6 is 22.9 Å². The molecule has 0 atom stereocenters. The van der Waals surface area contributed by atoms with Gasteiger partial charge in [0.1, 0.15) is 0 Å². The second-order valence-electron chi connectivity index (χ2n) is 6.47. The van der Waals surface area contributed by atoms with E-state index >= 15 is 0 Å². The predicted octanol–water partition coefficient (Wildman–Crippen LogP) is 5.39. The van der Waals surface area contributed by atoms with Crippen molar-refractivity contribution in [2.24, 2.45) is 0 Å². The summed E-state index contributed by atoms with van der Waals surface area (Å²) in [4.78, 5) is 21.0. The molecule has 0 saturated heterocycles. The fraction of sp³-hybridized carbons (Fsp3) is 0.143. The lowest BCUT2D eigenvalue weighted by atomic mass is 10.1. The van der Waals surface area contributed by atoms with Crippen molar-refractivity contribution in [3.05, 3.63) is 70.4 Å². The Bertz CT molecular complexity index is 1120. The van der Waals surface area contributed by atoms with Gasteiger partial charge in [0.15, 0.2) is 5.13 Å². The first-order valence-electron chi connectivity index (χ1n) is 8.98. The first-order valence-corrected chi connectivity index (χ1v) is 10.2. The molecule has 0 fully saturated rings. The summed E-state index contributed by atoms with van der Waals surface area (Å²) in [6.45, 7) is 2.04. The topological polar surface area (TPSA) is 80.9 Å². The Morgan fingerprint density at radius 1 is 1.07 bits per heavy atom. The lowest BCUT2D eigenvalue weighted by molar-refractivity contribution is -0.116. The van der Waals surface area contributed by atoms with Crippen molar-refractivity contribution in [2.75, 3.05) is 5.32 Å². The number of hydrogen-bond donors (Lipinski definition) is 1. The average molecular weight is 425 g/mol. The summed E-state index contributed by atoms with van der Waals surface area (Å²) in [6, 6.07) is 15.3. The lowest BCUT2D eigenvalue weighted by Crippen LogP contribution is -2.12. The van der Waals surface area contributed by atoms with Gasteiger partial charge in [-0.15, -0.1) is 11.3 Å². The highest BCUT2D eigenvalue weighted by Gasteiger charge is 2.12. The summed E-state index contributed by atoms with van der Waals surface area (Å²) in [5, 5.41) is 9.91. The Hall–Kier alpha value is -3.03. The van der Waals surface area contributed by atoms with Gasteiger partial charge in [-0.3, -0.25) is 4.79 Å². The summed E-state index contributed by atoms with van der Waals surface area (Å²) in [7, 11) is 0. The smallest absolute Gasteiger partial charge is 0.227 e. The van der Waals surface area contributed by atoms with Crippen LogP contribution in [0.2, 0.25) is 5.02 Å². The van der Waals surface area contributed by atoms with E-state index < -0.39 is 0 Å². The van der Waals surface area contributed by atoms with Crippen LogP contribution in [0.3, 0.4) is 0 Å². The predicted molar refractivity (Wildman–Crippen MR) is 114 cm³/mol. The molecule has 4 rings (SSSR count). The van der Waals surface area contributed by atoms with Crippen molar-refractivity contribution in [1.29, 1.82) is 0 Å². The van der Waals surface area contributed by atoms with Crippen LogP contribution in [-0.4, -0.2) is 21.0 Å². The molecular weight excluding hydrogens is 408 g/mol. The van der Waals surface area contributed by atoms with Crippen LogP contribution in [-0.2, 0) is 11.2 Å². The number of benzene rings is 2. The third-order valence-corrected chi connectivity index (χ3v) is 5.24. The van der Waals surface area contributed by atoms with E-state index in [2.05, 4.69) is 20.4 Å². The van der Waals surface area contributed by atoms with Gasteiger partial charge >= 0.3 is 0 Å². The van der Waals surface area contributed by atoms with Crippen LogP contribution in [0.1, 0.15) is 17.9 Å². The van der Waals surface area contributed by atoms with Crippen molar-refractivity contribution in [3.8, 4) is 22.6 Å². The first-order chi connectivity index (χ1) is 14.1. The summed E-state index contributed by atoms with van der Waals surface area (Å²) < 4.78 is 5.23. The molecule has 0 aliphatic heterocycles. The van der Waals surface area contributed by atoms with Gasteiger partial charge in [-0.05, 0) is 31.2 Å². The van der Waals surface area contributed by atoms with E-state index in [1.165, 1.54) is 16.9 Å². The average Bonchev–Trinajstić information content (AvgIpc) is 3.37. The van der Waals surface area contributed by atoms with E-state index in [0.717, 1.165) is 16.8 Å². The number of anilines is 1. The van der Waals surface area contributed by atoms with Crippen LogP contribution < -0.4 is 5.32 Å². The normalized spacial score (nSPS) is 10.8. The van der Waals surface area contributed by atoms with Gasteiger partial charge in [0.2, 0.25) is 17.6 Å². The zero-order valence-corrected chi connectivity index (χ0v) is 17.1. The van der Waals surface area contributed by atoms with E-state index in [9.17, 15) is 4.79 Å². The number of thiazole rings is 1. The number of aryl methyl sites for hydroxylation is 2. The van der Waals surface area contributed by atoms with E-state index in [-0.39, 0.29) is 12.3 Å². The zero-order chi connectivity index (χ0) is 20.2. The van der Waals surface area contributed by atoms with Gasteiger partial charge in [-0.2, -0.15) is 4.98 Å². The third-order valence-electron chi connectivity index (χ3n) is 4.23. The molecule has 1 N–H and O–H groups in total. The minimum absolute atomic E-state index is 0.152. The maximum absolute atomic E-state index is 12.2. The minimum Gasteiger partial charge on any atom is -0.339 e. The maximum atomic E-state index is 12.2. The van der Waals surface area contributed by atoms with Gasteiger partial charge in [-0.1, -0.05) is 46.6 Å². The molecule has 1 amide bonds. The second kappa shape index (κ2) is 8.55. The summed E-state index contributed by atoms with van der Waals surface area (Å²) in [5.41, 5.74) is 3.86.